The van der Waals surface area contributed by atoms with Crippen LogP contribution >= 0.6 is 0 Å². The smallest absolute Gasteiger partial charge is 0.211 e. The zero-order chi connectivity index (χ0) is 73.3. The van der Waals surface area contributed by atoms with E-state index in [-0.39, 0.29) is 11.9 Å². The number of fused-ring (bicyclic) bond motifs is 5. The summed E-state index contributed by atoms with van der Waals surface area (Å²) in [5.74, 6) is 12.7. The maximum absolute atomic E-state index is 13.7. The summed E-state index contributed by atoms with van der Waals surface area (Å²) >= 11 is 0. The van der Waals surface area contributed by atoms with Gasteiger partial charge in [0.2, 0.25) is 20.0 Å². The quantitative estimate of drug-likeness (QED) is 0.0811. The standard InChI is InChI=1S/C16H19N3OS.C15H19FN2OS.C15H21N3O2S.C15H21N3OS.C15H20N2O2S/c1-21(2,20)19-7-5-13(6-8-19)15-11-18-16-4-3-12(10-17)9-14(15)16;1-20(2,19)18-8-6-11(7-9-18)13-10-17-15-12(13)4-3-5-14(15)16;1-15(2)11-17(8-9-18(15)21(3,19)20)14-10-16-13-7-5-4-6-12(13)14;1-12-11-17(8-9-18(12)20(2,3)19)15-10-16-14-7-5-4-6-13(14)15;1-11-10-17(20(2,18)19)8-7-12(11)14-9-16-15-6-4-3-5-13(14)15/h3-4,9,11,13,18H,1,5-8H2,2H3;3-5,10-11,17H,1,6-9H2,2H3;4-7,10,16H,8-9,11H2,1-3H3;4-7,10,12,16H,2,8-9,11H2,1,3H3;3-6,9,11-12,16H,7-8,10H2,1-2H3. The van der Waals surface area contributed by atoms with Crippen molar-refractivity contribution in [3.8, 4) is 6.07 Å². The summed E-state index contributed by atoms with van der Waals surface area (Å²) in [6.07, 6.45) is 22.6. The first-order chi connectivity index (χ1) is 48.2. The van der Waals surface area contributed by atoms with E-state index in [1.165, 1.54) is 57.1 Å². The molecule has 5 aromatic heterocycles. The largest absolute Gasteiger partial charge is 0.367 e. The number of halogens is 1. The van der Waals surface area contributed by atoms with E-state index in [9.17, 15) is 33.9 Å². The number of sulfonamides is 2. The maximum atomic E-state index is 13.7. The molecule has 10 aromatic rings. The molecule has 5 saturated heterocycles. The van der Waals surface area contributed by atoms with Crippen LogP contribution in [0.4, 0.5) is 15.8 Å². The molecule has 6 atom stereocenters. The highest BCUT2D eigenvalue weighted by atomic mass is 32.2. The topological polar surface area (TPSA) is 245 Å². The van der Waals surface area contributed by atoms with E-state index in [1.54, 1.807) is 33.4 Å². The van der Waals surface area contributed by atoms with Gasteiger partial charge in [-0.05, 0) is 153 Å². The molecule has 0 bridgehead atoms. The number of anilines is 2. The summed E-state index contributed by atoms with van der Waals surface area (Å²) in [4.78, 5) is 20.9. The summed E-state index contributed by atoms with van der Waals surface area (Å²) < 4.78 is 106. The van der Waals surface area contributed by atoms with E-state index < -0.39 is 54.7 Å². The van der Waals surface area contributed by atoms with Gasteiger partial charge in [-0.1, -0.05) is 73.7 Å². The van der Waals surface area contributed by atoms with Gasteiger partial charge in [0.05, 0.1) is 41.0 Å². The molecule has 0 saturated carbocycles. The second-order valence-electron chi connectivity index (χ2n) is 29.0. The van der Waals surface area contributed by atoms with Crippen molar-refractivity contribution in [2.75, 3.05) is 120 Å². The molecule has 26 heteroatoms. The normalized spacial score (nSPS) is 22.0. The number of aromatic nitrogens is 5. The van der Waals surface area contributed by atoms with Crippen LogP contribution in [0, 0.1) is 23.1 Å². The van der Waals surface area contributed by atoms with Crippen LogP contribution in [0.5, 0.6) is 0 Å². The minimum atomic E-state index is -3.17. The molecule has 20 nitrogen and oxygen atoms in total. The predicted molar refractivity (Wildman–Crippen MR) is 426 cm³/mol. The van der Waals surface area contributed by atoms with E-state index in [0.29, 0.717) is 67.5 Å². The number of nitrogens with zero attached hydrogens (tertiary/aromatic N) is 8. The van der Waals surface area contributed by atoms with Crippen LogP contribution in [0.1, 0.15) is 99.8 Å². The van der Waals surface area contributed by atoms with Crippen LogP contribution in [-0.2, 0) is 49.2 Å². The summed E-state index contributed by atoms with van der Waals surface area (Å²) in [6.45, 7) is 17.1. The van der Waals surface area contributed by atoms with Gasteiger partial charge < -0.3 is 34.7 Å². The van der Waals surface area contributed by atoms with Gasteiger partial charge in [-0.3, -0.25) is 12.6 Å². The molecule has 0 aliphatic carbocycles. The summed E-state index contributed by atoms with van der Waals surface area (Å²) in [6, 6.07) is 38.2. The minimum absolute atomic E-state index is 0.208. The Morgan fingerprint density at radius 3 is 1.46 bits per heavy atom. The SMILES string of the molecule is C=S(C)(=O)N1CCC(c2c[nH]c3c(F)cccc23)CC1.C=S(C)(=O)N1CCC(c2c[nH]c3ccc(C#N)cc23)CC1.C=S(C)(=O)N1CCN(c2c[nH]c3ccccc23)CC1C.CC1(C)CN(c2c[nH]c3ccccc23)CCN1S(C)(=O)=O.CC1CN(S(C)(=O)=O)CCC1c1c[nH]c2ccccc12. The Morgan fingerprint density at radius 2 is 0.951 bits per heavy atom. The molecule has 548 valence electrons. The van der Waals surface area contributed by atoms with Crippen molar-refractivity contribution in [3.63, 3.8) is 0 Å². The van der Waals surface area contributed by atoms with Gasteiger partial charge in [0.1, 0.15) is 5.82 Å². The van der Waals surface area contributed by atoms with Crippen molar-refractivity contribution in [1.29, 1.82) is 5.26 Å². The van der Waals surface area contributed by atoms with E-state index in [1.807, 2.05) is 87.7 Å². The Labute approximate surface area is 603 Å². The van der Waals surface area contributed by atoms with E-state index in [4.69, 9.17) is 5.26 Å². The number of nitriles is 1. The molecule has 0 radical (unpaired) electrons. The first-order valence-corrected chi connectivity index (χ1v) is 44.8. The van der Waals surface area contributed by atoms with Crippen molar-refractivity contribution in [2.45, 2.75) is 89.1 Å². The van der Waals surface area contributed by atoms with E-state index >= 15 is 0 Å². The molecule has 5 aliphatic heterocycles. The number of aromatic amines is 5. The number of H-pyrrole nitrogens is 5. The highest BCUT2D eigenvalue weighted by Gasteiger charge is 2.40. The van der Waals surface area contributed by atoms with Gasteiger partial charge in [-0.25, -0.2) is 38.4 Å². The minimum Gasteiger partial charge on any atom is -0.367 e. The Kier molecular flexibility index (Phi) is 22.8. The third kappa shape index (κ3) is 17.3. The third-order valence-corrected chi connectivity index (χ3v) is 28.1. The van der Waals surface area contributed by atoms with Crippen LogP contribution in [0.25, 0.3) is 54.5 Å². The fourth-order valence-corrected chi connectivity index (χ4v) is 21.3. The lowest BCUT2D eigenvalue weighted by molar-refractivity contribution is 0.206. The molecule has 15 rings (SSSR count). The Morgan fingerprint density at radius 1 is 0.480 bits per heavy atom. The fraction of sp³-hybridized carbons (Fsp3) is 0.421. The molecule has 102 heavy (non-hydrogen) atoms. The molecule has 6 unspecified atom stereocenters. The van der Waals surface area contributed by atoms with Crippen molar-refractivity contribution in [2.24, 2.45) is 5.92 Å². The van der Waals surface area contributed by atoms with Gasteiger partial charge in [0, 0.05) is 218 Å². The lowest BCUT2D eigenvalue weighted by atomic mass is 9.82. The second kappa shape index (κ2) is 30.7. The highest BCUT2D eigenvalue weighted by molar-refractivity contribution is 7.98. The number of piperidine rings is 3. The van der Waals surface area contributed by atoms with Gasteiger partial charge in [0.25, 0.3) is 0 Å². The summed E-state index contributed by atoms with van der Waals surface area (Å²) in [7, 11) is -12.5. The first-order valence-electron chi connectivity index (χ1n) is 34.8. The van der Waals surface area contributed by atoms with Gasteiger partial charge in [-0.2, -0.15) is 9.57 Å². The van der Waals surface area contributed by atoms with Gasteiger partial charge >= 0.3 is 0 Å². The zero-order valence-corrected chi connectivity index (χ0v) is 64.2. The van der Waals surface area contributed by atoms with Gasteiger partial charge in [-0.15, -0.1) is 0 Å². The number of para-hydroxylation sites is 4. The number of hydrogen-bond acceptors (Lipinski definition) is 10. The fourth-order valence-electron chi connectivity index (χ4n) is 15.7. The predicted octanol–water partition coefficient (Wildman–Crippen LogP) is 11.7. The molecule has 5 N–H and O–H groups in total. The monoisotopic (exact) mass is 1490 g/mol. The van der Waals surface area contributed by atoms with Crippen LogP contribution in [0.15, 0.2) is 140 Å². The first kappa shape index (κ1) is 75.7. The number of nitrogens with one attached hydrogen (secondary N) is 5. The van der Waals surface area contributed by atoms with Crippen LogP contribution in [-0.4, -0.2) is 215 Å². The maximum Gasteiger partial charge on any atom is 0.211 e. The van der Waals surface area contributed by atoms with Crippen molar-refractivity contribution < 1.29 is 33.9 Å². The number of hydrogen-bond donors (Lipinski definition) is 5. The van der Waals surface area contributed by atoms with Crippen molar-refractivity contribution in [3.05, 3.63) is 168 Å². The summed E-state index contributed by atoms with van der Waals surface area (Å²) in [5.41, 5.74) is 11.5. The van der Waals surface area contributed by atoms with Crippen LogP contribution in [0.3, 0.4) is 0 Å². The lowest BCUT2D eigenvalue weighted by Gasteiger charge is -2.46. The van der Waals surface area contributed by atoms with E-state index in [2.05, 4.69) is 139 Å². The second-order valence-corrected chi connectivity index (χ2v) is 40.2. The van der Waals surface area contributed by atoms with E-state index in [0.717, 1.165) is 116 Å². The molecule has 0 amide bonds. The Bertz CT molecular complexity index is 5250. The molecule has 5 aromatic carbocycles. The zero-order valence-electron chi connectivity index (χ0n) is 60.2. The van der Waals surface area contributed by atoms with Crippen molar-refractivity contribution >= 4 is 133 Å². The molecule has 0 spiro atoms. The Hall–Kier alpha value is -7.42. The lowest BCUT2D eigenvalue weighted by Crippen LogP contribution is -2.60. The van der Waals surface area contributed by atoms with Crippen LogP contribution in [0.2, 0.25) is 0 Å². The van der Waals surface area contributed by atoms with Crippen molar-refractivity contribution in [1.82, 2.24) is 46.4 Å². The molecular weight excluding hydrogens is 1390 g/mol. The molecular formula is C76H100FN13O7S5. The Balaban J connectivity index is 0.000000128. The summed E-state index contributed by atoms with van der Waals surface area (Å²) in [5, 5.41) is 14.9. The third-order valence-electron chi connectivity index (χ3n) is 20.9. The number of rotatable bonds is 10. The van der Waals surface area contributed by atoms with Crippen LogP contribution < -0.4 is 9.80 Å². The average molecular weight is 1490 g/mol. The highest BCUT2D eigenvalue weighted by Crippen LogP contribution is 2.40. The molecule has 10 heterocycles. The number of piperazine rings is 2. The van der Waals surface area contributed by atoms with Gasteiger partial charge in [0.15, 0.2) is 0 Å². The molecule has 5 aliphatic rings. The average Bonchev–Trinajstić information content (AvgIpc) is 1.32. The number of benzene rings is 5. The molecule has 5 fully saturated rings.